The number of aromatic nitrogens is 1. The number of hydrogen-bond acceptors (Lipinski definition) is 2. The minimum absolute atomic E-state index is 0.183. The zero-order valence-corrected chi connectivity index (χ0v) is 14.1. The summed E-state index contributed by atoms with van der Waals surface area (Å²) in [6, 6.07) is 11.0. The topological polar surface area (TPSA) is 42.0 Å². The summed E-state index contributed by atoms with van der Waals surface area (Å²) < 4.78 is 1.12. The fourth-order valence-corrected chi connectivity index (χ4v) is 2.26. The number of nitrogens with zero attached hydrogens (tertiary/aromatic N) is 1. The largest absolute Gasteiger partial charge is 0.322 e. The Balaban J connectivity index is 2.22. The fourth-order valence-electron chi connectivity index (χ4n) is 1.68. The lowest BCUT2D eigenvalue weighted by Crippen LogP contribution is -2.13. The number of halogens is 2. The fraction of sp³-hybridized carbons (Fsp3) is 0.200. The molecule has 0 aliphatic rings. The first-order valence-electron chi connectivity index (χ1n) is 6.20. The van der Waals surface area contributed by atoms with Crippen LogP contribution in [0.25, 0.3) is 0 Å². The molecule has 3 nitrogen and oxygen atoms in total. The van der Waals surface area contributed by atoms with Crippen molar-refractivity contribution in [2.24, 2.45) is 0 Å². The molecular formula is C15H14ClIN2O. The molecule has 0 saturated heterocycles. The summed E-state index contributed by atoms with van der Waals surface area (Å²) in [5, 5.41) is 3.19. The second-order valence-electron chi connectivity index (χ2n) is 4.72. The zero-order chi connectivity index (χ0) is 14.7. The minimum Gasteiger partial charge on any atom is -0.322 e. The third-order valence-electron chi connectivity index (χ3n) is 2.77. The van der Waals surface area contributed by atoms with Gasteiger partial charge in [0.2, 0.25) is 0 Å². The molecule has 0 fully saturated rings. The smallest absolute Gasteiger partial charge is 0.255 e. The first-order chi connectivity index (χ1) is 9.45. The lowest BCUT2D eigenvalue weighted by atomic mass is 10.1. The molecule has 1 amide bonds. The van der Waals surface area contributed by atoms with Crippen molar-refractivity contribution in [1.82, 2.24) is 4.98 Å². The average Bonchev–Trinajstić information content (AvgIpc) is 2.40. The van der Waals surface area contributed by atoms with Crippen molar-refractivity contribution < 1.29 is 4.79 Å². The van der Waals surface area contributed by atoms with E-state index in [0.29, 0.717) is 10.7 Å². The molecule has 2 rings (SSSR count). The molecule has 1 aromatic carbocycles. The standard InChI is InChI=1S/C15H14ClIN2O/c1-9(2)13-7-10(8-14(16)19-13)15(20)18-12-5-3-11(17)4-6-12/h3-9H,1-2H3,(H,18,20). The van der Waals surface area contributed by atoms with Gasteiger partial charge in [-0.3, -0.25) is 4.79 Å². The van der Waals surface area contributed by atoms with Crippen molar-refractivity contribution in [1.29, 1.82) is 0 Å². The third kappa shape index (κ3) is 3.93. The molecule has 2 aromatic rings. The molecule has 104 valence electrons. The van der Waals surface area contributed by atoms with Crippen molar-refractivity contribution in [2.75, 3.05) is 5.32 Å². The summed E-state index contributed by atoms with van der Waals surface area (Å²) in [5.41, 5.74) is 2.09. The van der Waals surface area contributed by atoms with Crippen LogP contribution in [-0.4, -0.2) is 10.9 Å². The summed E-state index contributed by atoms with van der Waals surface area (Å²) >= 11 is 8.19. The first-order valence-corrected chi connectivity index (χ1v) is 7.66. The SMILES string of the molecule is CC(C)c1cc(C(=O)Nc2ccc(I)cc2)cc(Cl)n1. The second-order valence-corrected chi connectivity index (χ2v) is 6.35. The van der Waals surface area contributed by atoms with Gasteiger partial charge in [-0.25, -0.2) is 4.98 Å². The molecule has 20 heavy (non-hydrogen) atoms. The van der Waals surface area contributed by atoms with Gasteiger partial charge in [0, 0.05) is 20.5 Å². The third-order valence-corrected chi connectivity index (χ3v) is 3.68. The van der Waals surface area contributed by atoms with Crippen molar-refractivity contribution >= 4 is 45.8 Å². The Morgan fingerprint density at radius 3 is 2.50 bits per heavy atom. The van der Waals surface area contributed by atoms with E-state index in [1.54, 1.807) is 12.1 Å². The van der Waals surface area contributed by atoms with Crippen molar-refractivity contribution in [3.63, 3.8) is 0 Å². The maximum atomic E-state index is 12.2. The van der Waals surface area contributed by atoms with Crippen LogP contribution in [0, 0.1) is 3.57 Å². The molecule has 0 bridgehead atoms. The molecule has 0 saturated carbocycles. The highest BCUT2D eigenvalue weighted by Crippen LogP contribution is 2.19. The molecular weight excluding hydrogens is 387 g/mol. The Morgan fingerprint density at radius 1 is 1.25 bits per heavy atom. The summed E-state index contributed by atoms with van der Waals surface area (Å²) in [6.45, 7) is 4.03. The van der Waals surface area contributed by atoms with Gasteiger partial charge in [-0.1, -0.05) is 25.4 Å². The van der Waals surface area contributed by atoms with Gasteiger partial charge in [0.1, 0.15) is 5.15 Å². The lowest BCUT2D eigenvalue weighted by molar-refractivity contribution is 0.102. The number of amides is 1. The predicted molar refractivity (Wildman–Crippen MR) is 90.4 cm³/mol. The lowest BCUT2D eigenvalue weighted by Gasteiger charge is -2.09. The van der Waals surface area contributed by atoms with Gasteiger partial charge in [-0.05, 0) is 64.9 Å². The maximum absolute atomic E-state index is 12.2. The molecule has 0 aliphatic heterocycles. The van der Waals surface area contributed by atoms with E-state index in [-0.39, 0.29) is 11.8 Å². The van der Waals surface area contributed by atoms with Crippen LogP contribution in [-0.2, 0) is 0 Å². The van der Waals surface area contributed by atoms with Crippen LogP contribution in [0.4, 0.5) is 5.69 Å². The Kier molecular flexibility index (Phi) is 4.99. The molecule has 0 radical (unpaired) electrons. The van der Waals surface area contributed by atoms with E-state index in [1.165, 1.54) is 0 Å². The summed E-state index contributed by atoms with van der Waals surface area (Å²) in [4.78, 5) is 16.4. The Hall–Kier alpha value is -1.14. The Bertz CT molecular complexity index is 626. The van der Waals surface area contributed by atoms with E-state index in [0.717, 1.165) is 15.0 Å². The van der Waals surface area contributed by atoms with Crippen LogP contribution in [0.2, 0.25) is 5.15 Å². The number of carbonyl (C=O) groups is 1. The van der Waals surface area contributed by atoms with E-state index in [4.69, 9.17) is 11.6 Å². The first kappa shape index (κ1) is 15.3. The van der Waals surface area contributed by atoms with E-state index in [9.17, 15) is 4.79 Å². The highest BCUT2D eigenvalue weighted by Gasteiger charge is 2.11. The minimum atomic E-state index is -0.183. The van der Waals surface area contributed by atoms with Crippen LogP contribution >= 0.6 is 34.2 Å². The summed E-state index contributed by atoms with van der Waals surface area (Å²) in [7, 11) is 0. The van der Waals surface area contributed by atoms with Crippen LogP contribution in [0.15, 0.2) is 36.4 Å². The maximum Gasteiger partial charge on any atom is 0.255 e. The van der Waals surface area contributed by atoms with Gasteiger partial charge in [0.05, 0.1) is 0 Å². The molecule has 1 aromatic heterocycles. The highest BCUT2D eigenvalue weighted by atomic mass is 127. The number of nitrogens with one attached hydrogen (secondary N) is 1. The zero-order valence-electron chi connectivity index (χ0n) is 11.2. The van der Waals surface area contributed by atoms with Gasteiger partial charge in [0.25, 0.3) is 5.91 Å². The van der Waals surface area contributed by atoms with Gasteiger partial charge in [-0.2, -0.15) is 0 Å². The molecule has 0 spiro atoms. The van der Waals surface area contributed by atoms with Crippen LogP contribution in [0.3, 0.4) is 0 Å². The van der Waals surface area contributed by atoms with Crippen LogP contribution in [0.1, 0.15) is 35.8 Å². The molecule has 1 N–H and O–H groups in total. The van der Waals surface area contributed by atoms with E-state index in [1.807, 2.05) is 38.1 Å². The van der Waals surface area contributed by atoms with Crippen molar-refractivity contribution in [3.8, 4) is 0 Å². The van der Waals surface area contributed by atoms with Gasteiger partial charge in [-0.15, -0.1) is 0 Å². The molecule has 1 heterocycles. The van der Waals surface area contributed by atoms with Gasteiger partial charge in [0.15, 0.2) is 0 Å². The molecule has 0 unspecified atom stereocenters. The summed E-state index contributed by atoms with van der Waals surface area (Å²) in [6.07, 6.45) is 0. The summed E-state index contributed by atoms with van der Waals surface area (Å²) in [5.74, 6) is 0.0379. The van der Waals surface area contributed by atoms with E-state index < -0.39 is 0 Å². The number of hydrogen-bond donors (Lipinski definition) is 1. The molecule has 0 aliphatic carbocycles. The predicted octanol–water partition coefficient (Wildman–Crippen LogP) is 4.72. The van der Waals surface area contributed by atoms with Crippen LogP contribution < -0.4 is 5.32 Å². The second kappa shape index (κ2) is 6.54. The number of rotatable bonds is 3. The number of carbonyl (C=O) groups excluding carboxylic acids is 1. The van der Waals surface area contributed by atoms with E-state index in [2.05, 4.69) is 32.9 Å². The quantitative estimate of drug-likeness (QED) is 0.598. The highest BCUT2D eigenvalue weighted by molar-refractivity contribution is 14.1. The molecule has 0 atom stereocenters. The normalized spacial score (nSPS) is 10.7. The van der Waals surface area contributed by atoms with Crippen molar-refractivity contribution in [2.45, 2.75) is 19.8 Å². The average molecular weight is 401 g/mol. The van der Waals surface area contributed by atoms with E-state index >= 15 is 0 Å². The molecule has 5 heteroatoms. The number of pyridine rings is 1. The van der Waals surface area contributed by atoms with Gasteiger partial charge >= 0.3 is 0 Å². The van der Waals surface area contributed by atoms with Crippen LogP contribution in [0.5, 0.6) is 0 Å². The Labute approximate surface area is 136 Å². The van der Waals surface area contributed by atoms with Crippen molar-refractivity contribution in [3.05, 3.63) is 56.4 Å². The van der Waals surface area contributed by atoms with Gasteiger partial charge < -0.3 is 5.32 Å². The monoisotopic (exact) mass is 400 g/mol. The Morgan fingerprint density at radius 2 is 1.90 bits per heavy atom. The number of anilines is 1. The number of benzene rings is 1.